The first-order valence-electron chi connectivity index (χ1n) is 7.85. The minimum Gasteiger partial charge on any atom is -0.351 e. The van der Waals surface area contributed by atoms with Crippen LogP contribution >= 0.6 is 0 Å². The maximum atomic E-state index is 13.5. The highest BCUT2D eigenvalue weighted by Gasteiger charge is 2.16. The minimum atomic E-state index is -0.288. The Hall–Kier alpha value is -2.14. The standard InChI is InChI=1S/C18H24FN3O/c1-5-21(4)10-9-20-18(23)17-11-13(2)22(14(17)3)16-8-6-7-15(19)12-16/h6-8,11-12H,5,9-10H2,1-4H3,(H,20,23). The number of carbonyl (C=O) groups excluding carboxylic acids is 1. The summed E-state index contributed by atoms with van der Waals surface area (Å²) in [6, 6.07) is 8.23. The van der Waals surface area contributed by atoms with Crippen LogP contribution in [-0.4, -0.2) is 42.1 Å². The minimum absolute atomic E-state index is 0.0924. The smallest absolute Gasteiger partial charge is 0.253 e. The van der Waals surface area contributed by atoms with Crippen LogP contribution in [0.5, 0.6) is 0 Å². The number of hydrogen-bond acceptors (Lipinski definition) is 2. The van der Waals surface area contributed by atoms with Crippen LogP contribution in [0, 0.1) is 19.7 Å². The molecule has 0 spiro atoms. The molecule has 23 heavy (non-hydrogen) atoms. The number of aromatic nitrogens is 1. The predicted octanol–water partition coefficient (Wildman–Crippen LogP) is 2.91. The number of likely N-dealkylation sites (N-methyl/N-ethyl adjacent to an activating group) is 1. The highest BCUT2D eigenvalue weighted by atomic mass is 19.1. The molecule has 0 atom stereocenters. The van der Waals surface area contributed by atoms with Crippen molar-refractivity contribution in [2.45, 2.75) is 20.8 Å². The van der Waals surface area contributed by atoms with E-state index in [4.69, 9.17) is 0 Å². The summed E-state index contributed by atoms with van der Waals surface area (Å²) in [5, 5.41) is 2.94. The number of hydrogen-bond donors (Lipinski definition) is 1. The Balaban J connectivity index is 2.19. The molecule has 0 saturated heterocycles. The molecule has 0 fully saturated rings. The van der Waals surface area contributed by atoms with Crippen molar-refractivity contribution in [3.05, 3.63) is 53.1 Å². The number of aryl methyl sites for hydroxylation is 1. The molecule has 5 heteroatoms. The van der Waals surface area contributed by atoms with Gasteiger partial charge in [-0.05, 0) is 51.7 Å². The molecule has 1 N–H and O–H groups in total. The van der Waals surface area contributed by atoms with Crippen LogP contribution in [-0.2, 0) is 0 Å². The zero-order valence-corrected chi connectivity index (χ0v) is 14.2. The Bertz CT molecular complexity index is 694. The van der Waals surface area contributed by atoms with Crippen molar-refractivity contribution in [1.29, 1.82) is 0 Å². The average Bonchev–Trinajstić information content (AvgIpc) is 2.81. The van der Waals surface area contributed by atoms with E-state index < -0.39 is 0 Å². The SMILES string of the molecule is CCN(C)CCNC(=O)c1cc(C)n(-c2cccc(F)c2)c1C. The Morgan fingerprint density at radius 3 is 2.70 bits per heavy atom. The van der Waals surface area contributed by atoms with E-state index in [2.05, 4.69) is 17.1 Å². The fourth-order valence-electron chi connectivity index (χ4n) is 2.62. The molecule has 1 aromatic heterocycles. The Morgan fingerprint density at radius 1 is 1.30 bits per heavy atom. The third-order valence-corrected chi connectivity index (χ3v) is 4.06. The number of halogens is 1. The number of nitrogens with zero attached hydrogens (tertiary/aromatic N) is 2. The third kappa shape index (κ3) is 3.99. The first kappa shape index (κ1) is 17.2. The Kier molecular flexibility index (Phi) is 5.55. The molecule has 0 aliphatic heterocycles. The molecular formula is C18H24FN3O. The molecule has 0 aliphatic carbocycles. The Morgan fingerprint density at radius 2 is 2.04 bits per heavy atom. The van der Waals surface area contributed by atoms with Gasteiger partial charge in [0.2, 0.25) is 0 Å². The lowest BCUT2D eigenvalue weighted by atomic mass is 10.2. The van der Waals surface area contributed by atoms with E-state index >= 15 is 0 Å². The van der Waals surface area contributed by atoms with Gasteiger partial charge in [-0.15, -0.1) is 0 Å². The van der Waals surface area contributed by atoms with E-state index in [1.165, 1.54) is 12.1 Å². The number of nitrogens with one attached hydrogen (secondary N) is 1. The van der Waals surface area contributed by atoms with Gasteiger partial charge in [-0.2, -0.15) is 0 Å². The van der Waals surface area contributed by atoms with Crippen molar-refractivity contribution in [3.8, 4) is 5.69 Å². The summed E-state index contributed by atoms with van der Waals surface area (Å²) < 4.78 is 15.4. The van der Waals surface area contributed by atoms with Crippen molar-refractivity contribution in [2.24, 2.45) is 0 Å². The maximum Gasteiger partial charge on any atom is 0.253 e. The van der Waals surface area contributed by atoms with Gasteiger partial charge in [0, 0.05) is 30.2 Å². The molecule has 1 amide bonds. The lowest BCUT2D eigenvalue weighted by molar-refractivity contribution is 0.0949. The number of benzene rings is 1. The van der Waals surface area contributed by atoms with Gasteiger partial charge >= 0.3 is 0 Å². The van der Waals surface area contributed by atoms with Gasteiger partial charge in [0.1, 0.15) is 5.82 Å². The second-order valence-electron chi connectivity index (χ2n) is 5.75. The van der Waals surface area contributed by atoms with Crippen molar-refractivity contribution in [2.75, 3.05) is 26.7 Å². The first-order valence-corrected chi connectivity index (χ1v) is 7.85. The molecule has 0 aliphatic rings. The first-order chi connectivity index (χ1) is 10.9. The predicted molar refractivity (Wildman–Crippen MR) is 90.7 cm³/mol. The van der Waals surface area contributed by atoms with Crippen LogP contribution in [0.3, 0.4) is 0 Å². The van der Waals surface area contributed by atoms with Gasteiger partial charge in [0.05, 0.1) is 5.56 Å². The summed E-state index contributed by atoms with van der Waals surface area (Å²) in [4.78, 5) is 14.5. The summed E-state index contributed by atoms with van der Waals surface area (Å²) in [7, 11) is 2.02. The summed E-state index contributed by atoms with van der Waals surface area (Å²) in [6.07, 6.45) is 0. The van der Waals surface area contributed by atoms with Gasteiger partial charge in [-0.25, -0.2) is 4.39 Å². The Labute approximate surface area is 136 Å². The van der Waals surface area contributed by atoms with Crippen molar-refractivity contribution in [1.82, 2.24) is 14.8 Å². The lowest BCUT2D eigenvalue weighted by Crippen LogP contribution is -2.33. The van der Waals surface area contributed by atoms with Gasteiger partial charge in [0.25, 0.3) is 5.91 Å². The van der Waals surface area contributed by atoms with E-state index in [0.717, 1.165) is 30.2 Å². The van der Waals surface area contributed by atoms with Crippen LogP contribution in [0.15, 0.2) is 30.3 Å². The van der Waals surface area contributed by atoms with E-state index in [1.807, 2.05) is 37.6 Å². The largest absolute Gasteiger partial charge is 0.351 e. The van der Waals surface area contributed by atoms with E-state index in [-0.39, 0.29) is 11.7 Å². The molecule has 1 heterocycles. The molecule has 4 nitrogen and oxygen atoms in total. The van der Waals surface area contributed by atoms with E-state index in [0.29, 0.717) is 12.1 Å². The zero-order chi connectivity index (χ0) is 17.0. The highest BCUT2D eigenvalue weighted by Crippen LogP contribution is 2.21. The van der Waals surface area contributed by atoms with Crippen molar-refractivity contribution < 1.29 is 9.18 Å². The number of amides is 1. The van der Waals surface area contributed by atoms with Crippen molar-refractivity contribution in [3.63, 3.8) is 0 Å². The van der Waals surface area contributed by atoms with Crippen LogP contribution in [0.4, 0.5) is 4.39 Å². The van der Waals surface area contributed by atoms with Crippen LogP contribution in [0.2, 0.25) is 0 Å². The van der Waals surface area contributed by atoms with Gasteiger partial charge in [-0.3, -0.25) is 4.79 Å². The molecule has 0 saturated carbocycles. The van der Waals surface area contributed by atoms with Gasteiger partial charge in [0.15, 0.2) is 0 Å². The fraction of sp³-hybridized carbons (Fsp3) is 0.389. The molecule has 124 valence electrons. The summed E-state index contributed by atoms with van der Waals surface area (Å²) in [6.45, 7) is 8.24. The summed E-state index contributed by atoms with van der Waals surface area (Å²) in [5.41, 5.74) is 3.08. The molecule has 2 rings (SSSR count). The summed E-state index contributed by atoms with van der Waals surface area (Å²) >= 11 is 0. The maximum absolute atomic E-state index is 13.5. The van der Waals surface area contributed by atoms with E-state index in [9.17, 15) is 9.18 Å². The number of carbonyl (C=O) groups is 1. The number of rotatable bonds is 6. The molecule has 0 bridgehead atoms. The molecule has 0 radical (unpaired) electrons. The average molecular weight is 317 g/mol. The molecule has 0 unspecified atom stereocenters. The van der Waals surface area contributed by atoms with Gasteiger partial charge in [-0.1, -0.05) is 13.0 Å². The highest BCUT2D eigenvalue weighted by molar-refractivity contribution is 5.95. The summed E-state index contributed by atoms with van der Waals surface area (Å²) in [5.74, 6) is -0.381. The second-order valence-corrected chi connectivity index (χ2v) is 5.75. The van der Waals surface area contributed by atoms with E-state index in [1.54, 1.807) is 6.07 Å². The molecule has 2 aromatic rings. The normalized spacial score (nSPS) is 11.0. The molecule has 1 aromatic carbocycles. The molecular weight excluding hydrogens is 293 g/mol. The quantitative estimate of drug-likeness (QED) is 0.889. The lowest BCUT2D eigenvalue weighted by Gasteiger charge is -2.14. The van der Waals surface area contributed by atoms with Gasteiger partial charge < -0.3 is 14.8 Å². The topological polar surface area (TPSA) is 37.3 Å². The fourth-order valence-corrected chi connectivity index (χ4v) is 2.62. The van der Waals surface area contributed by atoms with Crippen LogP contribution < -0.4 is 5.32 Å². The van der Waals surface area contributed by atoms with Crippen molar-refractivity contribution >= 4 is 5.91 Å². The second kappa shape index (κ2) is 7.42. The van der Waals surface area contributed by atoms with Crippen LogP contribution in [0.1, 0.15) is 28.7 Å². The zero-order valence-electron chi connectivity index (χ0n) is 14.2. The third-order valence-electron chi connectivity index (χ3n) is 4.06. The monoisotopic (exact) mass is 317 g/mol. The van der Waals surface area contributed by atoms with Crippen LogP contribution in [0.25, 0.3) is 5.69 Å².